The summed E-state index contributed by atoms with van der Waals surface area (Å²) in [5, 5.41) is 11.6. The van der Waals surface area contributed by atoms with Gasteiger partial charge in [-0.1, -0.05) is 0 Å². The molecule has 7 heteroatoms. The Morgan fingerprint density at radius 2 is 2.29 bits per heavy atom. The Bertz CT molecular complexity index is 531. The molecule has 2 aliphatic rings. The fourth-order valence-corrected chi connectivity index (χ4v) is 2.76. The quantitative estimate of drug-likeness (QED) is 0.360. The molecule has 1 aliphatic carbocycles. The largest absolute Gasteiger partial charge is 0.462 e. The second-order valence-electron chi connectivity index (χ2n) is 4.98. The molecule has 0 bridgehead atoms. The van der Waals surface area contributed by atoms with Crippen LogP contribution in [0, 0.1) is 11.3 Å². The van der Waals surface area contributed by atoms with Crippen molar-refractivity contribution >= 4 is 17.9 Å². The van der Waals surface area contributed by atoms with Crippen LogP contribution in [0.3, 0.4) is 0 Å². The van der Waals surface area contributed by atoms with Gasteiger partial charge in [0.1, 0.15) is 11.6 Å². The van der Waals surface area contributed by atoms with Gasteiger partial charge in [0.05, 0.1) is 13.2 Å². The van der Waals surface area contributed by atoms with Crippen LogP contribution in [0.1, 0.15) is 32.6 Å². The first kappa shape index (κ1) is 15.0. The maximum Gasteiger partial charge on any atom is 0.348 e. The fraction of sp³-hybridized carbons (Fsp3) is 0.571. The molecule has 1 N–H and O–H groups in total. The first-order valence-corrected chi connectivity index (χ1v) is 6.97. The van der Waals surface area contributed by atoms with E-state index in [2.05, 4.69) is 5.32 Å². The lowest BCUT2D eigenvalue weighted by atomic mass is 9.87. The number of hydrogen-bond acceptors (Lipinski definition) is 5. The molecule has 21 heavy (non-hydrogen) atoms. The van der Waals surface area contributed by atoms with Gasteiger partial charge in [0.15, 0.2) is 0 Å². The number of amides is 3. The molecule has 1 saturated heterocycles. The number of esters is 1. The van der Waals surface area contributed by atoms with Gasteiger partial charge in [-0.15, -0.1) is 0 Å². The summed E-state index contributed by atoms with van der Waals surface area (Å²) in [7, 11) is 0. The topological polar surface area (TPSA) is 99.5 Å². The number of nitriles is 1. The number of carbonyl (C=O) groups is 3. The van der Waals surface area contributed by atoms with E-state index in [4.69, 9.17) is 10.00 Å². The van der Waals surface area contributed by atoms with E-state index >= 15 is 0 Å². The molecule has 0 spiro atoms. The minimum atomic E-state index is -0.632. The van der Waals surface area contributed by atoms with Gasteiger partial charge >= 0.3 is 12.0 Å². The van der Waals surface area contributed by atoms with Crippen molar-refractivity contribution in [3.05, 3.63) is 11.1 Å². The zero-order valence-corrected chi connectivity index (χ0v) is 11.8. The number of hydrogen-bond donors (Lipinski definition) is 1. The maximum atomic E-state index is 11.8. The molecule has 0 aromatic heterocycles. The number of nitrogens with one attached hydrogen (secondary N) is 1. The Balaban J connectivity index is 2.20. The molecular formula is C14H17N3O4. The minimum absolute atomic E-state index is 0.00797. The summed E-state index contributed by atoms with van der Waals surface area (Å²) in [5.41, 5.74) is 0.674. The average molecular weight is 291 g/mol. The Kier molecular flexibility index (Phi) is 4.58. The normalized spacial score (nSPS) is 24.4. The van der Waals surface area contributed by atoms with Crippen LogP contribution in [-0.4, -0.2) is 42.0 Å². The van der Waals surface area contributed by atoms with Crippen LogP contribution >= 0.6 is 0 Å². The first-order chi connectivity index (χ1) is 10.1. The summed E-state index contributed by atoms with van der Waals surface area (Å²) in [4.78, 5) is 36.4. The Morgan fingerprint density at radius 1 is 1.52 bits per heavy atom. The van der Waals surface area contributed by atoms with Crippen LogP contribution in [0.2, 0.25) is 0 Å². The molecule has 112 valence electrons. The van der Waals surface area contributed by atoms with E-state index < -0.39 is 12.0 Å². The number of ether oxygens (including phenoxy) is 1. The van der Waals surface area contributed by atoms with Gasteiger partial charge in [0, 0.05) is 6.04 Å². The van der Waals surface area contributed by atoms with Crippen molar-refractivity contribution in [1.82, 2.24) is 10.2 Å². The predicted molar refractivity (Wildman–Crippen MR) is 71.8 cm³/mol. The summed E-state index contributed by atoms with van der Waals surface area (Å²) in [6, 6.07) is 1.20. The standard InChI is InChI=1S/C14H17N3O4/c1-2-21-13(19)11(7-15)9-4-3-5-10(6-9)17-12(18)8-16-14(17)20/h10H,2-6,8H2,1H3,(H,16,20)/b11-9-. The molecule has 3 amide bonds. The van der Waals surface area contributed by atoms with E-state index in [1.807, 2.05) is 6.07 Å². The smallest absolute Gasteiger partial charge is 0.348 e. The molecule has 1 saturated carbocycles. The molecule has 1 aliphatic heterocycles. The van der Waals surface area contributed by atoms with Crippen LogP contribution in [0.5, 0.6) is 0 Å². The Morgan fingerprint density at radius 3 is 2.86 bits per heavy atom. The lowest BCUT2D eigenvalue weighted by Crippen LogP contribution is -2.42. The zero-order valence-electron chi connectivity index (χ0n) is 11.8. The van der Waals surface area contributed by atoms with Crippen molar-refractivity contribution in [3.8, 4) is 6.07 Å². The highest BCUT2D eigenvalue weighted by atomic mass is 16.5. The van der Waals surface area contributed by atoms with Gasteiger partial charge in [-0.25, -0.2) is 9.59 Å². The van der Waals surface area contributed by atoms with Crippen LogP contribution in [0.15, 0.2) is 11.1 Å². The molecule has 0 aromatic rings. The number of urea groups is 1. The van der Waals surface area contributed by atoms with Crippen molar-refractivity contribution in [3.63, 3.8) is 0 Å². The molecular weight excluding hydrogens is 274 g/mol. The molecule has 0 radical (unpaired) electrons. The van der Waals surface area contributed by atoms with E-state index in [0.717, 1.165) is 6.42 Å². The highest BCUT2D eigenvalue weighted by molar-refractivity contribution is 6.02. The molecule has 1 unspecified atom stereocenters. The van der Waals surface area contributed by atoms with Crippen molar-refractivity contribution in [2.24, 2.45) is 0 Å². The fourth-order valence-electron chi connectivity index (χ4n) is 2.76. The first-order valence-electron chi connectivity index (χ1n) is 6.97. The van der Waals surface area contributed by atoms with E-state index in [1.54, 1.807) is 6.92 Å². The Hall–Kier alpha value is -2.36. The Labute approximate surface area is 122 Å². The van der Waals surface area contributed by atoms with Gasteiger partial charge in [-0.05, 0) is 38.2 Å². The van der Waals surface area contributed by atoms with Gasteiger partial charge in [0.2, 0.25) is 5.91 Å². The second-order valence-corrected chi connectivity index (χ2v) is 4.98. The van der Waals surface area contributed by atoms with E-state index in [9.17, 15) is 14.4 Å². The monoisotopic (exact) mass is 291 g/mol. The highest BCUT2D eigenvalue weighted by Crippen LogP contribution is 2.30. The van der Waals surface area contributed by atoms with Crippen LogP contribution < -0.4 is 5.32 Å². The van der Waals surface area contributed by atoms with Crippen molar-refractivity contribution in [1.29, 1.82) is 5.26 Å². The van der Waals surface area contributed by atoms with Gasteiger partial charge in [-0.3, -0.25) is 9.69 Å². The maximum absolute atomic E-state index is 11.8. The third kappa shape index (κ3) is 3.05. The van der Waals surface area contributed by atoms with Gasteiger partial charge < -0.3 is 10.1 Å². The summed E-state index contributed by atoms with van der Waals surface area (Å²) >= 11 is 0. The highest BCUT2D eigenvalue weighted by Gasteiger charge is 2.37. The molecule has 2 fully saturated rings. The summed E-state index contributed by atoms with van der Waals surface area (Å²) in [6.07, 6.45) is 2.38. The number of carbonyl (C=O) groups excluding carboxylic acids is 3. The lowest BCUT2D eigenvalue weighted by molar-refractivity contribution is -0.138. The van der Waals surface area contributed by atoms with Crippen LogP contribution in [0.25, 0.3) is 0 Å². The molecule has 7 nitrogen and oxygen atoms in total. The second kappa shape index (κ2) is 6.39. The predicted octanol–water partition coefficient (Wildman–Crippen LogP) is 0.864. The van der Waals surface area contributed by atoms with Gasteiger partial charge in [0.25, 0.3) is 0 Å². The molecule has 2 rings (SSSR count). The van der Waals surface area contributed by atoms with Crippen molar-refractivity contribution in [2.75, 3.05) is 13.2 Å². The van der Waals surface area contributed by atoms with Crippen LogP contribution in [0.4, 0.5) is 4.79 Å². The summed E-state index contributed by atoms with van der Waals surface area (Å²) < 4.78 is 4.87. The average Bonchev–Trinajstić information content (AvgIpc) is 2.79. The van der Waals surface area contributed by atoms with E-state index in [-0.39, 0.29) is 30.7 Å². The molecule has 0 aromatic carbocycles. The number of nitrogens with zero attached hydrogens (tertiary/aromatic N) is 2. The summed E-state index contributed by atoms with van der Waals surface area (Å²) in [5.74, 6) is -0.895. The van der Waals surface area contributed by atoms with Crippen molar-refractivity contribution < 1.29 is 19.1 Å². The zero-order chi connectivity index (χ0) is 15.4. The van der Waals surface area contributed by atoms with Crippen LogP contribution in [-0.2, 0) is 14.3 Å². The third-order valence-electron chi connectivity index (χ3n) is 3.69. The third-order valence-corrected chi connectivity index (χ3v) is 3.69. The minimum Gasteiger partial charge on any atom is -0.462 e. The number of rotatable bonds is 3. The van der Waals surface area contributed by atoms with E-state index in [0.29, 0.717) is 24.8 Å². The SMILES string of the molecule is CCOC(=O)/C(C#N)=C1/CCCC(N2C(=O)CNC2=O)C1. The summed E-state index contributed by atoms with van der Waals surface area (Å²) in [6.45, 7) is 1.89. The molecule has 1 atom stereocenters. The lowest BCUT2D eigenvalue weighted by Gasteiger charge is -2.30. The van der Waals surface area contributed by atoms with E-state index in [1.165, 1.54) is 4.90 Å². The molecule has 1 heterocycles. The van der Waals surface area contributed by atoms with Gasteiger partial charge in [-0.2, -0.15) is 5.26 Å². The van der Waals surface area contributed by atoms with Crippen molar-refractivity contribution in [2.45, 2.75) is 38.6 Å². The number of imide groups is 1.